The Hall–Kier alpha value is -1.96. The monoisotopic (exact) mass is 298 g/mol. The molecule has 0 heterocycles. The minimum atomic E-state index is 0.332. The predicted octanol–water partition coefficient (Wildman–Crippen LogP) is 5.40. The molecule has 2 nitrogen and oxygen atoms in total. The van der Waals surface area contributed by atoms with E-state index in [1.54, 1.807) is 0 Å². The molecule has 0 amide bonds. The summed E-state index contributed by atoms with van der Waals surface area (Å²) >= 11 is 0. The molecule has 0 aliphatic rings. The predicted molar refractivity (Wildman–Crippen MR) is 91.8 cm³/mol. The highest BCUT2D eigenvalue weighted by atomic mass is 16.3. The number of phenols is 2. The standard InChI is InChI=1S/C20H26O2/c1-5-17(15-9-7-13(3)19(21)11-15)18(6-2)16-10-8-14(4)20(22)12-16/h7-12,17-18,21-22H,5-6H2,1-4H3/t17-,18+. The lowest BCUT2D eigenvalue weighted by Gasteiger charge is -2.27. The van der Waals surface area contributed by atoms with Gasteiger partial charge >= 0.3 is 0 Å². The number of aromatic hydroxyl groups is 2. The smallest absolute Gasteiger partial charge is 0.118 e. The zero-order valence-electron chi connectivity index (χ0n) is 13.9. The molecule has 0 aliphatic carbocycles. The molecule has 0 fully saturated rings. The molecule has 0 saturated carbocycles. The third-order valence-corrected chi connectivity index (χ3v) is 4.69. The molecule has 2 heteroatoms. The largest absolute Gasteiger partial charge is 0.508 e. The molecule has 0 unspecified atom stereocenters. The highest BCUT2D eigenvalue weighted by Gasteiger charge is 2.23. The number of aryl methyl sites for hydroxylation is 2. The van der Waals surface area contributed by atoms with Gasteiger partial charge in [-0.15, -0.1) is 0 Å². The van der Waals surface area contributed by atoms with Crippen molar-refractivity contribution in [1.82, 2.24) is 0 Å². The van der Waals surface area contributed by atoms with Crippen molar-refractivity contribution in [3.05, 3.63) is 58.7 Å². The van der Waals surface area contributed by atoms with E-state index in [4.69, 9.17) is 0 Å². The first-order valence-corrected chi connectivity index (χ1v) is 8.06. The van der Waals surface area contributed by atoms with E-state index in [0.717, 1.165) is 35.1 Å². The fourth-order valence-corrected chi connectivity index (χ4v) is 3.22. The topological polar surface area (TPSA) is 40.5 Å². The van der Waals surface area contributed by atoms with E-state index < -0.39 is 0 Å². The van der Waals surface area contributed by atoms with E-state index >= 15 is 0 Å². The average Bonchev–Trinajstić information content (AvgIpc) is 2.50. The van der Waals surface area contributed by atoms with Crippen molar-refractivity contribution in [3.63, 3.8) is 0 Å². The molecule has 0 aliphatic heterocycles. The summed E-state index contributed by atoms with van der Waals surface area (Å²) in [5.74, 6) is 1.38. The Labute approximate surface area is 133 Å². The molecular formula is C20H26O2. The zero-order valence-corrected chi connectivity index (χ0v) is 13.9. The first-order valence-electron chi connectivity index (χ1n) is 8.06. The molecule has 0 radical (unpaired) electrons. The Balaban J connectivity index is 2.41. The fraction of sp³-hybridized carbons (Fsp3) is 0.400. The maximum absolute atomic E-state index is 10.0. The summed E-state index contributed by atoms with van der Waals surface area (Å²) < 4.78 is 0. The van der Waals surface area contributed by atoms with Gasteiger partial charge in [0.15, 0.2) is 0 Å². The van der Waals surface area contributed by atoms with Crippen molar-refractivity contribution in [1.29, 1.82) is 0 Å². The van der Waals surface area contributed by atoms with E-state index in [9.17, 15) is 10.2 Å². The fourth-order valence-electron chi connectivity index (χ4n) is 3.22. The number of hydrogen-bond acceptors (Lipinski definition) is 2. The summed E-state index contributed by atoms with van der Waals surface area (Å²) in [6.45, 7) is 8.18. The maximum Gasteiger partial charge on any atom is 0.118 e. The van der Waals surface area contributed by atoms with Crippen molar-refractivity contribution >= 4 is 0 Å². The van der Waals surface area contributed by atoms with Crippen LogP contribution in [0.15, 0.2) is 36.4 Å². The molecule has 0 aromatic heterocycles. The van der Waals surface area contributed by atoms with Crippen molar-refractivity contribution in [3.8, 4) is 11.5 Å². The van der Waals surface area contributed by atoms with Crippen LogP contribution < -0.4 is 0 Å². The molecule has 0 bridgehead atoms. The second-order valence-electron chi connectivity index (χ2n) is 6.12. The third-order valence-electron chi connectivity index (χ3n) is 4.69. The molecule has 2 atom stereocenters. The third kappa shape index (κ3) is 3.27. The molecule has 2 N–H and O–H groups in total. The summed E-state index contributed by atoms with van der Waals surface area (Å²) in [6, 6.07) is 12.0. The van der Waals surface area contributed by atoms with E-state index in [1.165, 1.54) is 0 Å². The van der Waals surface area contributed by atoms with Gasteiger partial charge in [-0.2, -0.15) is 0 Å². The van der Waals surface area contributed by atoms with Crippen LogP contribution in [0.5, 0.6) is 11.5 Å². The van der Waals surface area contributed by atoms with Gasteiger partial charge in [0.1, 0.15) is 11.5 Å². The lowest BCUT2D eigenvalue weighted by Crippen LogP contribution is -2.10. The summed E-state index contributed by atoms with van der Waals surface area (Å²) in [5.41, 5.74) is 4.13. The molecule has 0 saturated heterocycles. The van der Waals surface area contributed by atoms with Gasteiger partial charge in [0, 0.05) is 0 Å². The van der Waals surface area contributed by atoms with Crippen molar-refractivity contribution in [2.75, 3.05) is 0 Å². The van der Waals surface area contributed by atoms with Crippen LogP contribution in [-0.2, 0) is 0 Å². The Kier molecular flexibility index (Phi) is 5.12. The van der Waals surface area contributed by atoms with E-state index in [0.29, 0.717) is 23.3 Å². The minimum absolute atomic E-state index is 0.332. The number of benzene rings is 2. The van der Waals surface area contributed by atoms with Crippen LogP contribution in [0.2, 0.25) is 0 Å². The molecule has 2 rings (SSSR count). The summed E-state index contributed by atoms with van der Waals surface area (Å²) in [4.78, 5) is 0. The number of hydrogen-bond donors (Lipinski definition) is 2. The highest BCUT2D eigenvalue weighted by molar-refractivity contribution is 5.41. The van der Waals surface area contributed by atoms with Crippen LogP contribution >= 0.6 is 0 Å². The lowest BCUT2D eigenvalue weighted by atomic mass is 9.78. The van der Waals surface area contributed by atoms with Gasteiger partial charge in [-0.3, -0.25) is 0 Å². The summed E-state index contributed by atoms with van der Waals surface area (Å²) in [7, 11) is 0. The van der Waals surface area contributed by atoms with Crippen molar-refractivity contribution < 1.29 is 10.2 Å². The molecule has 2 aromatic rings. The van der Waals surface area contributed by atoms with Gasteiger partial charge in [-0.25, -0.2) is 0 Å². The van der Waals surface area contributed by atoms with Gasteiger partial charge in [0.2, 0.25) is 0 Å². The Morgan fingerprint density at radius 3 is 1.36 bits per heavy atom. The van der Waals surface area contributed by atoms with Crippen LogP contribution in [0.3, 0.4) is 0 Å². The molecule has 0 spiro atoms. The second-order valence-corrected chi connectivity index (χ2v) is 6.12. The molecule has 118 valence electrons. The lowest BCUT2D eigenvalue weighted by molar-refractivity contribution is 0.459. The Morgan fingerprint density at radius 1 is 0.727 bits per heavy atom. The first-order chi connectivity index (χ1) is 10.5. The van der Waals surface area contributed by atoms with Crippen LogP contribution in [0.4, 0.5) is 0 Å². The van der Waals surface area contributed by atoms with Crippen LogP contribution in [0.25, 0.3) is 0 Å². The summed E-state index contributed by atoms with van der Waals surface area (Å²) in [5, 5.41) is 20.0. The molecular weight excluding hydrogens is 272 g/mol. The number of rotatable bonds is 5. The van der Waals surface area contributed by atoms with E-state index in [-0.39, 0.29) is 0 Å². The van der Waals surface area contributed by atoms with Crippen LogP contribution in [-0.4, -0.2) is 10.2 Å². The van der Waals surface area contributed by atoms with Gasteiger partial charge < -0.3 is 10.2 Å². The Bertz CT molecular complexity index is 589. The van der Waals surface area contributed by atoms with Crippen LogP contribution in [0, 0.1) is 13.8 Å². The average molecular weight is 298 g/mol. The number of phenolic OH excluding ortho intramolecular Hbond substituents is 2. The van der Waals surface area contributed by atoms with Crippen molar-refractivity contribution in [2.24, 2.45) is 0 Å². The highest BCUT2D eigenvalue weighted by Crippen LogP contribution is 2.40. The first kappa shape index (κ1) is 16.4. The minimum Gasteiger partial charge on any atom is -0.508 e. The van der Waals surface area contributed by atoms with Gasteiger partial charge in [0.05, 0.1) is 0 Å². The van der Waals surface area contributed by atoms with Crippen molar-refractivity contribution in [2.45, 2.75) is 52.4 Å². The normalized spacial score (nSPS) is 13.8. The Morgan fingerprint density at radius 2 is 1.09 bits per heavy atom. The van der Waals surface area contributed by atoms with E-state index in [2.05, 4.69) is 26.0 Å². The second kappa shape index (κ2) is 6.87. The summed E-state index contributed by atoms with van der Waals surface area (Å²) in [6.07, 6.45) is 1.99. The van der Waals surface area contributed by atoms with E-state index in [1.807, 2.05) is 38.1 Å². The van der Waals surface area contributed by atoms with Gasteiger partial charge in [0.25, 0.3) is 0 Å². The zero-order chi connectivity index (χ0) is 16.3. The van der Waals surface area contributed by atoms with Gasteiger partial charge in [-0.05, 0) is 72.9 Å². The molecule has 22 heavy (non-hydrogen) atoms. The molecule has 2 aromatic carbocycles. The SMILES string of the molecule is CC[C@H](c1ccc(C)c(O)c1)[C@@H](CC)c1ccc(C)c(O)c1. The van der Waals surface area contributed by atoms with Crippen LogP contribution in [0.1, 0.15) is 60.8 Å². The van der Waals surface area contributed by atoms with Gasteiger partial charge in [-0.1, -0.05) is 38.1 Å². The quantitative estimate of drug-likeness (QED) is 0.775. The maximum atomic E-state index is 10.0.